The molecule has 0 atom stereocenters. The molecule has 0 saturated heterocycles. The number of hydrogen-bond acceptors (Lipinski definition) is 2. The number of aromatic nitrogens is 1. The summed E-state index contributed by atoms with van der Waals surface area (Å²) < 4.78 is 170. The summed E-state index contributed by atoms with van der Waals surface area (Å²) in [6.45, 7) is 0. The highest BCUT2D eigenvalue weighted by Crippen LogP contribution is 2.47. The van der Waals surface area contributed by atoms with Crippen molar-refractivity contribution in [2.75, 3.05) is 4.90 Å². The second-order valence-electron chi connectivity index (χ2n) is 13.1. The molecule has 11 rings (SSSR count). The van der Waals surface area contributed by atoms with E-state index < -0.39 is 142 Å². The maximum absolute atomic E-state index is 9.72. The maximum atomic E-state index is 9.72. The third-order valence-electron chi connectivity index (χ3n) is 9.93. The summed E-state index contributed by atoms with van der Waals surface area (Å²) in [4.78, 5) is 1.03. The van der Waals surface area contributed by atoms with Gasteiger partial charge in [0.05, 0.1) is 41.4 Å². The van der Waals surface area contributed by atoms with E-state index in [0.717, 1.165) is 32.4 Å². The Hall–Kier alpha value is -7.62. The molecule has 11 aromatic rings. The van der Waals surface area contributed by atoms with Crippen molar-refractivity contribution in [3.8, 4) is 39.1 Å². The van der Waals surface area contributed by atoms with Crippen molar-refractivity contribution in [2.45, 2.75) is 0 Å². The standard InChI is InChI=1S/C54H36N2O/c1-3-13-37(14-4-1)39-23-29-42(30-24-39)55(43-31-25-40(26-32-43)38-15-5-2-6-16-38)51-36-35-48-47-19-9-12-22-52(47)57-54(48)53(51)41-27-33-44(34-28-41)56-49-20-10-7-17-45(49)46-18-8-11-21-50(46)56/h1-36H/i1D,2D,3D,4D,5D,6D,13D,14D,15D,16D,23D,24D,25D,26D,29D,30D,31D,32D. The van der Waals surface area contributed by atoms with Crippen LogP contribution in [0.25, 0.3) is 82.8 Å². The van der Waals surface area contributed by atoms with Gasteiger partial charge in [-0.25, -0.2) is 0 Å². The Balaban J connectivity index is 1.25. The molecule has 0 fully saturated rings. The van der Waals surface area contributed by atoms with Crippen LogP contribution >= 0.6 is 0 Å². The van der Waals surface area contributed by atoms with Crippen LogP contribution in [0.3, 0.4) is 0 Å². The fourth-order valence-electron chi connectivity index (χ4n) is 7.41. The quantitative estimate of drug-likeness (QED) is 0.162. The Kier molecular flexibility index (Phi) is 4.60. The number of anilines is 3. The van der Waals surface area contributed by atoms with E-state index >= 15 is 0 Å². The van der Waals surface area contributed by atoms with E-state index in [2.05, 4.69) is 4.57 Å². The van der Waals surface area contributed by atoms with Crippen molar-refractivity contribution in [3.05, 3.63) is 218 Å². The number of fused-ring (bicyclic) bond motifs is 6. The van der Waals surface area contributed by atoms with Gasteiger partial charge in [0.25, 0.3) is 0 Å². The smallest absolute Gasteiger partial charge is 0.145 e. The summed E-state index contributed by atoms with van der Waals surface area (Å²) in [6.07, 6.45) is 0. The normalized spacial score (nSPS) is 15.9. The van der Waals surface area contributed by atoms with Crippen LogP contribution in [0, 0.1) is 0 Å². The van der Waals surface area contributed by atoms with Crippen LogP contribution in [0.2, 0.25) is 0 Å². The molecule has 0 unspecified atom stereocenters. The summed E-state index contributed by atoms with van der Waals surface area (Å²) in [5.41, 5.74) is 0.156. The number of para-hydroxylation sites is 3. The first kappa shape index (κ1) is 19.3. The molecule has 3 heteroatoms. The lowest BCUT2D eigenvalue weighted by molar-refractivity contribution is 0.670. The zero-order valence-electron chi connectivity index (χ0n) is 47.7. The number of benzene rings is 9. The van der Waals surface area contributed by atoms with E-state index in [1.165, 1.54) is 0 Å². The van der Waals surface area contributed by atoms with Gasteiger partial charge < -0.3 is 13.9 Å². The predicted molar refractivity (Wildman–Crippen MR) is 239 cm³/mol. The molecule has 2 aromatic heterocycles. The Morgan fingerprint density at radius 1 is 0.404 bits per heavy atom. The van der Waals surface area contributed by atoms with Gasteiger partial charge in [-0.2, -0.15) is 0 Å². The molecule has 9 aromatic carbocycles. The van der Waals surface area contributed by atoms with Crippen molar-refractivity contribution < 1.29 is 29.1 Å². The van der Waals surface area contributed by atoms with Gasteiger partial charge in [0.15, 0.2) is 0 Å². The van der Waals surface area contributed by atoms with Crippen LogP contribution in [0.1, 0.15) is 24.7 Å². The van der Waals surface area contributed by atoms with E-state index in [9.17, 15) is 11.0 Å². The molecule has 0 saturated carbocycles. The first-order chi connectivity index (χ1) is 35.8. The Morgan fingerprint density at radius 3 is 1.46 bits per heavy atom. The zero-order chi connectivity index (χ0) is 53.4. The molecule has 2 heterocycles. The molecule has 0 spiro atoms. The lowest BCUT2D eigenvalue weighted by Gasteiger charge is -2.28. The predicted octanol–water partition coefficient (Wildman–Crippen LogP) is 15.2. The fraction of sp³-hybridized carbons (Fsp3) is 0. The number of furan rings is 1. The van der Waals surface area contributed by atoms with E-state index in [0.29, 0.717) is 21.9 Å². The molecular weight excluding hydrogens is 693 g/mol. The first-order valence-corrected chi connectivity index (χ1v) is 18.0. The van der Waals surface area contributed by atoms with Crippen molar-refractivity contribution in [2.24, 2.45) is 0 Å². The minimum atomic E-state index is -0.873. The topological polar surface area (TPSA) is 21.3 Å². The molecule has 0 aliphatic rings. The van der Waals surface area contributed by atoms with Crippen LogP contribution in [-0.2, 0) is 0 Å². The highest BCUT2D eigenvalue weighted by molar-refractivity contribution is 6.13. The van der Waals surface area contributed by atoms with E-state index in [1.54, 1.807) is 36.4 Å². The molecule has 0 aliphatic carbocycles. The molecule has 3 nitrogen and oxygen atoms in total. The highest BCUT2D eigenvalue weighted by Gasteiger charge is 2.23. The molecule has 0 bridgehead atoms. The van der Waals surface area contributed by atoms with Gasteiger partial charge in [0, 0.05) is 44.2 Å². The molecule has 0 amide bonds. The first-order valence-electron chi connectivity index (χ1n) is 27.0. The molecule has 0 radical (unpaired) electrons. The van der Waals surface area contributed by atoms with Crippen molar-refractivity contribution in [1.29, 1.82) is 0 Å². The lowest BCUT2D eigenvalue weighted by Crippen LogP contribution is -2.11. The highest BCUT2D eigenvalue weighted by atomic mass is 16.3. The average Bonchev–Trinajstić information content (AvgIpc) is 3.97. The van der Waals surface area contributed by atoms with Gasteiger partial charge in [0.2, 0.25) is 0 Å². The second kappa shape index (κ2) is 13.6. The Bertz CT molecular complexity index is 3990. The van der Waals surface area contributed by atoms with Crippen LogP contribution in [0.5, 0.6) is 0 Å². The summed E-state index contributed by atoms with van der Waals surface area (Å²) in [6, 6.07) is 18.8. The van der Waals surface area contributed by atoms with Gasteiger partial charge in [-0.15, -0.1) is 0 Å². The fourth-order valence-corrected chi connectivity index (χ4v) is 7.41. The van der Waals surface area contributed by atoms with E-state index in [-0.39, 0.29) is 16.8 Å². The van der Waals surface area contributed by atoms with Gasteiger partial charge in [-0.3, -0.25) is 0 Å². The SMILES string of the molecule is [2H]c1c([2H])c([2H])c(-c2c([2H])c([2H])c(N(c3ccc4c(oc5ccccc54)c3-c3ccc(-n4c5ccccc5c5ccccc54)cc3)c3c([2H])c([2H])c(-c4c([2H])c([2H])c([2H])c([2H])c4[2H])c([2H])c3[2H])c([2H])c2[2H])c([2H])c1[2H]. The number of nitrogens with zero attached hydrogens (tertiary/aromatic N) is 2. The second-order valence-corrected chi connectivity index (χ2v) is 13.1. The monoisotopic (exact) mass is 746 g/mol. The molecule has 0 N–H and O–H groups in total. The van der Waals surface area contributed by atoms with Gasteiger partial charge >= 0.3 is 0 Å². The van der Waals surface area contributed by atoms with Crippen molar-refractivity contribution in [3.63, 3.8) is 0 Å². The van der Waals surface area contributed by atoms with E-state index in [1.807, 2.05) is 72.8 Å². The Labute approximate surface area is 356 Å². The van der Waals surface area contributed by atoms with Crippen LogP contribution < -0.4 is 4.90 Å². The Morgan fingerprint density at radius 2 is 0.895 bits per heavy atom. The summed E-state index contributed by atoms with van der Waals surface area (Å²) in [5.74, 6) is 0. The molecule has 57 heavy (non-hydrogen) atoms. The van der Waals surface area contributed by atoms with Crippen LogP contribution in [0.15, 0.2) is 222 Å². The largest absolute Gasteiger partial charge is 0.455 e. The van der Waals surface area contributed by atoms with Crippen LogP contribution in [-0.4, -0.2) is 4.57 Å². The number of rotatable bonds is 7. The number of hydrogen-bond donors (Lipinski definition) is 0. The maximum Gasteiger partial charge on any atom is 0.145 e. The van der Waals surface area contributed by atoms with Crippen molar-refractivity contribution in [1.82, 2.24) is 4.57 Å². The summed E-state index contributed by atoms with van der Waals surface area (Å²) >= 11 is 0. The molecule has 268 valence electrons. The molecular formula is C54H36N2O. The van der Waals surface area contributed by atoms with E-state index in [4.69, 9.17) is 18.1 Å². The minimum Gasteiger partial charge on any atom is -0.455 e. The third-order valence-corrected chi connectivity index (χ3v) is 9.93. The van der Waals surface area contributed by atoms with Gasteiger partial charge in [-0.1, -0.05) is 151 Å². The summed E-state index contributed by atoms with van der Waals surface area (Å²) in [7, 11) is 0. The average molecular weight is 747 g/mol. The molecule has 0 aliphatic heterocycles. The van der Waals surface area contributed by atoms with Gasteiger partial charge in [-0.05, 0) is 94.5 Å². The summed E-state index contributed by atoms with van der Waals surface area (Å²) in [5, 5.41) is 3.32. The minimum absolute atomic E-state index is 0.0427. The van der Waals surface area contributed by atoms with Gasteiger partial charge in [0.1, 0.15) is 11.2 Å². The third kappa shape index (κ3) is 5.60. The zero-order valence-corrected chi connectivity index (χ0v) is 29.7. The van der Waals surface area contributed by atoms with Crippen molar-refractivity contribution >= 4 is 60.8 Å². The van der Waals surface area contributed by atoms with Crippen LogP contribution in [0.4, 0.5) is 17.1 Å². The lowest BCUT2D eigenvalue weighted by atomic mass is 9.97.